The molecule has 0 amide bonds. The summed E-state index contributed by atoms with van der Waals surface area (Å²) in [5.41, 5.74) is 7.86. The fourth-order valence-electron chi connectivity index (χ4n) is 5.05. The van der Waals surface area contributed by atoms with Crippen molar-refractivity contribution in [2.45, 2.75) is 64.5 Å². The summed E-state index contributed by atoms with van der Waals surface area (Å²) in [6.07, 6.45) is 5.01. The molecule has 3 unspecified atom stereocenters. The van der Waals surface area contributed by atoms with Crippen molar-refractivity contribution < 1.29 is 9.90 Å². The average Bonchev–Trinajstić information content (AvgIpc) is 2.98. The van der Waals surface area contributed by atoms with Crippen LogP contribution in [0.15, 0.2) is 51.2 Å². The summed E-state index contributed by atoms with van der Waals surface area (Å²) in [6, 6.07) is 8.67. The maximum Gasteiger partial charge on any atom is 0.352 e. The summed E-state index contributed by atoms with van der Waals surface area (Å²) in [5, 5.41) is 9.29. The molecule has 8 heteroatoms. The van der Waals surface area contributed by atoms with E-state index in [-0.39, 0.29) is 36.3 Å². The van der Waals surface area contributed by atoms with E-state index < -0.39 is 5.97 Å². The van der Waals surface area contributed by atoms with E-state index in [1.165, 1.54) is 9.25 Å². The molecular formula is C23H30N4O4. The van der Waals surface area contributed by atoms with Gasteiger partial charge in [-0.15, -0.1) is 0 Å². The number of carboxylic acid groups (broad SMARTS) is 1. The SMILES string of the molecule is CC1CCC(CC(=O)O)CCC2=C(N)Cn3c(=O)n(-c4ccccc4)c(=O)n3C2CC1. The predicted octanol–water partition coefficient (Wildman–Crippen LogP) is 2.65. The van der Waals surface area contributed by atoms with Crippen LogP contribution < -0.4 is 17.1 Å². The third-order valence-electron chi connectivity index (χ3n) is 6.79. The number of hydrogen-bond acceptors (Lipinski definition) is 4. The molecule has 2 aliphatic rings. The largest absolute Gasteiger partial charge is 0.481 e. The van der Waals surface area contributed by atoms with Crippen LogP contribution in [0.4, 0.5) is 0 Å². The van der Waals surface area contributed by atoms with Crippen molar-refractivity contribution >= 4 is 5.97 Å². The molecule has 4 rings (SSSR count). The van der Waals surface area contributed by atoms with E-state index in [4.69, 9.17) is 5.73 Å². The highest BCUT2D eigenvalue weighted by atomic mass is 16.4. The van der Waals surface area contributed by atoms with Crippen LogP contribution in [0.2, 0.25) is 0 Å². The number of carbonyl (C=O) groups is 1. The predicted molar refractivity (Wildman–Crippen MR) is 117 cm³/mol. The minimum Gasteiger partial charge on any atom is -0.481 e. The van der Waals surface area contributed by atoms with Crippen molar-refractivity contribution in [2.75, 3.05) is 0 Å². The number of para-hydroxylation sites is 1. The first-order chi connectivity index (χ1) is 14.9. The number of allylic oxidation sites excluding steroid dienone is 2. The first-order valence-corrected chi connectivity index (χ1v) is 11.1. The lowest BCUT2D eigenvalue weighted by Gasteiger charge is -2.32. The molecule has 2 aromatic rings. The molecule has 1 aliphatic heterocycles. The summed E-state index contributed by atoms with van der Waals surface area (Å²) in [4.78, 5) is 37.8. The Bertz CT molecular complexity index is 1110. The molecule has 2 heterocycles. The Balaban J connectivity index is 1.76. The van der Waals surface area contributed by atoms with Gasteiger partial charge in [-0.1, -0.05) is 31.5 Å². The minimum absolute atomic E-state index is 0.0914. The van der Waals surface area contributed by atoms with Gasteiger partial charge in [0.05, 0.1) is 18.3 Å². The monoisotopic (exact) mass is 426 g/mol. The van der Waals surface area contributed by atoms with Gasteiger partial charge in [-0.05, 0) is 61.6 Å². The van der Waals surface area contributed by atoms with Crippen LogP contribution in [0.1, 0.15) is 57.9 Å². The highest BCUT2D eigenvalue weighted by molar-refractivity contribution is 5.67. The molecule has 0 radical (unpaired) electrons. The van der Waals surface area contributed by atoms with Crippen LogP contribution in [-0.4, -0.2) is 25.0 Å². The Kier molecular flexibility index (Phi) is 5.89. The second kappa shape index (κ2) is 8.61. The Labute approximate surface area is 180 Å². The van der Waals surface area contributed by atoms with Crippen molar-refractivity contribution in [2.24, 2.45) is 17.6 Å². The van der Waals surface area contributed by atoms with Gasteiger partial charge < -0.3 is 10.8 Å². The van der Waals surface area contributed by atoms with Gasteiger partial charge in [-0.2, -0.15) is 0 Å². The van der Waals surface area contributed by atoms with Gasteiger partial charge in [-0.3, -0.25) is 4.79 Å². The number of aliphatic carboxylic acids is 1. The number of fused-ring (bicyclic) bond motifs is 3. The first-order valence-electron chi connectivity index (χ1n) is 11.1. The maximum absolute atomic E-state index is 13.4. The van der Waals surface area contributed by atoms with Gasteiger partial charge in [0, 0.05) is 12.1 Å². The molecule has 0 bridgehead atoms. The van der Waals surface area contributed by atoms with Crippen LogP contribution in [0, 0.1) is 11.8 Å². The number of nitrogens with zero attached hydrogens (tertiary/aromatic N) is 3. The highest BCUT2D eigenvalue weighted by Gasteiger charge is 2.33. The number of hydrogen-bond donors (Lipinski definition) is 2. The van der Waals surface area contributed by atoms with Crippen LogP contribution in [-0.2, 0) is 11.3 Å². The van der Waals surface area contributed by atoms with Crippen molar-refractivity contribution in [3.63, 3.8) is 0 Å². The van der Waals surface area contributed by atoms with Crippen molar-refractivity contribution in [1.82, 2.24) is 13.9 Å². The van der Waals surface area contributed by atoms with Gasteiger partial charge in [0.1, 0.15) is 0 Å². The molecule has 3 N–H and O–H groups in total. The molecule has 1 saturated carbocycles. The van der Waals surface area contributed by atoms with E-state index in [2.05, 4.69) is 6.92 Å². The van der Waals surface area contributed by atoms with E-state index in [1.807, 2.05) is 6.07 Å². The third-order valence-corrected chi connectivity index (χ3v) is 6.79. The standard InChI is InChI=1S/C23H30N4O4/c1-15-7-9-16(13-21(28)29)10-11-18-19(24)14-25-22(30)26(17-5-3-2-4-6-17)23(31)27(25)20(18)12-8-15/h2-6,15-16,20H,7-14,24H2,1H3,(H,28,29). The average molecular weight is 427 g/mol. The molecule has 31 heavy (non-hydrogen) atoms. The summed E-state index contributed by atoms with van der Waals surface area (Å²) in [5.74, 6) is -0.276. The van der Waals surface area contributed by atoms with E-state index in [1.54, 1.807) is 28.9 Å². The smallest absolute Gasteiger partial charge is 0.352 e. The molecular weight excluding hydrogens is 396 g/mol. The van der Waals surface area contributed by atoms with Crippen molar-refractivity contribution in [1.29, 1.82) is 0 Å². The Morgan fingerprint density at radius 2 is 1.77 bits per heavy atom. The lowest BCUT2D eigenvalue weighted by atomic mass is 9.82. The molecule has 1 fully saturated rings. The van der Waals surface area contributed by atoms with Gasteiger partial charge in [0.15, 0.2) is 0 Å². The van der Waals surface area contributed by atoms with Crippen LogP contribution >= 0.6 is 0 Å². The third kappa shape index (κ3) is 4.11. The van der Waals surface area contributed by atoms with Crippen LogP contribution in [0.5, 0.6) is 0 Å². The van der Waals surface area contributed by atoms with E-state index in [0.717, 1.165) is 37.7 Å². The minimum atomic E-state index is -0.776. The van der Waals surface area contributed by atoms with E-state index >= 15 is 0 Å². The van der Waals surface area contributed by atoms with E-state index in [0.29, 0.717) is 23.7 Å². The Morgan fingerprint density at radius 3 is 2.48 bits per heavy atom. The summed E-state index contributed by atoms with van der Waals surface area (Å²) in [7, 11) is 0. The number of aromatic nitrogens is 3. The lowest BCUT2D eigenvalue weighted by Crippen LogP contribution is -2.38. The number of rotatable bonds is 3. The molecule has 0 spiro atoms. The molecule has 3 atom stereocenters. The van der Waals surface area contributed by atoms with Crippen LogP contribution in [0.25, 0.3) is 5.69 Å². The number of nitrogens with two attached hydrogens (primary N) is 1. The van der Waals surface area contributed by atoms with Crippen molar-refractivity contribution in [3.05, 3.63) is 62.6 Å². The summed E-state index contributed by atoms with van der Waals surface area (Å²) >= 11 is 0. The molecule has 1 aliphatic carbocycles. The quantitative estimate of drug-likeness (QED) is 0.784. The fraction of sp³-hybridized carbons (Fsp3) is 0.522. The van der Waals surface area contributed by atoms with Gasteiger partial charge in [0.2, 0.25) is 0 Å². The Hall–Kier alpha value is -3.03. The number of benzene rings is 1. The summed E-state index contributed by atoms with van der Waals surface area (Å²) in [6.45, 7) is 2.35. The molecule has 166 valence electrons. The topological polar surface area (TPSA) is 112 Å². The second-order valence-electron chi connectivity index (χ2n) is 8.97. The highest BCUT2D eigenvalue weighted by Crippen LogP contribution is 2.36. The zero-order valence-corrected chi connectivity index (χ0v) is 17.9. The fourth-order valence-corrected chi connectivity index (χ4v) is 5.05. The second-order valence-corrected chi connectivity index (χ2v) is 8.97. The molecule has 1 aromatic heterocycles. The van der Waals surface area contributed by atoms with Gasteiger partial charge >= 0.3 is 17.3 Å². The van der Waals surface area contributed by atoms with Gasteiger partial charge in [-0.25, -0.2) is 23.5 Å². The van der Waals surface area contributed by atoms with Gasteiger partial charge in [0.25, 0.3) is 0 Å². The Morgan fingerprint density at radius 1 is 1.06 bits per heavy atom. The van der Waals surface area contributed by atoms with Crippen LogP contribution in [0.3, 0.4) is 0 Å². The zero-order chi connectivity index (χ0) is 22.1. The lowest BCUT2D eigenvalue weighted by molar-refractivity contribution is -0.138. The molecule has 1 aromatic carbocycles. The number of carboxylic acids is 1. The normalized spacial score (nSPS) is 24.4. The zero-order valence-electron chi connectivity index (χ0n) is 17.9. The maximum atomic E-state index is 13.4. The first kappa shape index (κ1) is 21.2. The van der Waals surface area contributed by atoms with Crippen molar-refractivity contribution in [3.8, 4) is 5.69 Å². The molecule has 8 nitrogen and oxygen atoms in total. The molecule has 0 saturated heterocycles. The van der Waals surface area contributed by atoms with E-state index in [9.17, 15) is 19.5 Å². The summed E-state index contributed by atoms with van der Waals surface area (Å²) < 4.78 is 4.26.